The van der Waals surface area contributed by atoms with Gasteiger partial charge in [0, 0.05) is 32.7 Å². The fraction of sp³-hybridized carbons (Fsp3) is 0.0130. The summed E-state index contributed by atoms with van der Waals surface area (Å²) in [6, 6.07) is 77.1. The first kappa shape index (κ1) is 56.8. The van der Waals surface area contributed by atoms with Crippen LogP contribution in [0.4, 0.5) is 13.2 Å². The molecule has 12 nitrogen and oxygen atoms in total. The normalized spacial score (nSPS) is 10.9. The Labute approximate surface area is 522 Å². The van der Waals surface area contributed by atoms with Crippen LogP contribution < -0.4 is 0 Å². The highest BCUT2D eigenvalue weighted by Crippen LogP contribution is 2.47. The Kier molecular flexibility index (Phi) is 13.9. The summed E-state index contributed by atoms with van der Waals surface area (Å²) in [5.41, 5.74) is 10.4. The molecule has 0 atom stereocenters. The Morgan fingerprint density at radius 1 is 0.261 bits per heavy atom. The van der Waals surface area contributed by atoms with E-state index in [0.717, 1.165) is 12.1 Å². The Morgan fingerprint density at radius 2 is 0.576 bits per heavy atom. The fourth-order valence-electron chi connectivity index (χ4n) is 12.3. The van der Waals surface area contributed by atoms with Gasteiger partial charge >= 0.3 is 6.18 Å². The molecule has 0 saturated heterocycles. The van der Waals surface area contributed by atoms with E-state index in [1.54, 1.807) is 78.9 Å². The lowest BCUT2D eigenvalue weighted by atomic mass is 9.91. The molecule has 11 aromatic carbocycles. The summed E-state index contributed by atoms with van der Waals surface area (Å²) in [5, 5.41) is 105. The van der Waals surface area contributed by atoms with Gasteiger partial charge in [-0.15, -0.1) is 0 Å². The molecule has 92 heavy (non-hydrogen) atoms. The number of nitriles is 10. The minimum Gasteiger partial charge on any atom is -0.309 e. The lowest BCUT2D eigenvalue weighted by molar-refractivity contribution is -0.137. The molecule has 0 spiro atoms. The molecule has 0 bridgehead atoms. The molecule has 0 aliphatic heterocycles. The van der Waals surface area contributed by atoms with E-state index >= 15 is 0 Å². The number of alkyl halides is 3. The number of nitrogens with zero attached hydrogens (tertiary/aromatic N) is 12. The third kappa shape index (κ3) is 9.43. The first-order chi connectivity index (χ1) is 44.8. The van der Waals surface area contributed by atoms with Gasteiger partial charge in [0.1, 0.15) is 0 Å². The number of hydrogen-bond donors (Lipinski definition) is 0. The number of fused-ring (bicyclic) bond motifs is 6. The van der Waals surface area contributed by atoms with Crippen LogP contribution in [0.1, 0.15) is 61.2 Å². The van der Waals surface area contributed by atoms with Crippen LogP contribution in [-0.4, -0.2) is 9.13 Å². The molecule has 0 saturated carbocycles. The molecule has 0 unspecified atom stereocenters. The van der Waals surface area contributed by atoms with Gasteiger partial charge in [-0.05, 0) is 189 Å². The molecule has 2 aromatic heterocycles. The molecular weight excluding hydrogens is 1150 g/mol. The largest absolute Gasteiger partial charge is 0.416 e. The van der Waals surface area contributed by atoms with Crippen molar-refractivity contribution in [2.24, 2.45) is 0 Å². The first-order valence-corrected chi connectivity index (χ1v) is 28.0. The van der Waals surface area contributed by atoms with Gasteiger partial charge in [-0.2, -0.15) is 65.8 Å². The highest BCUT2D eigenvalue weighted by Gasteiger charge is 2.32. The molecule has 15 heteroatoms. The van der Waals surface area contributed by atoms with Gasteiger partial charge in [-0.25, -0.2) is 0 Å². The van der Waals surface area contributed by atoms with Gasteiger partial charge in [-0.1, -0.05) is 66.7 Å². The van der Waals surface area contributed by atoms with Crippen molar-refractivity contribution in [1.29, 1.82) is 52.6 Å². The summed E-state index contributed by atoms with van der Waals surface area (Å²) in [4.78, 5) is 0. The van der Waals surface area contributed by atoms with Crippen molar-refractivity contribution in [3.8, 4) is 139 Å². The number of halogens is 3. The zero-order chi connectivity index (χ0) is 64.1. The van der Waals surface area contributed by atoms with Crippen LogP contribution in [0.3, 0.4) is 0 Å². The second-order valence-corrected chi connectivity index (χ2v) is 21.4. The van der Waals surface area contributed by atoms with Crippen LogP contribution in [0.25, 0.3) is 122 Å². The van der Waals surface area contributed by atoms with E-state index in [-0.39, 0.29) is 38.9 Å². The van der Waals surface area contributed by atoms with E-state index in [1.807, 2.05) is 94.1 Å². The summed E-state index contributed by atoms with van der Waals surface area (Å²) < 4.78 is 47.0. The van der Waals surface area contributed by atoms with Crippen molar-refractivity contribution in [3.63, 3.8) is 0 Å². The standard InChI is InChI=1S/C77H33F3N12/c78-77(79,80)59-13-18-64(58(28-59)43-90)52-12-23-74(91-70-19-8-48(60-14-4-44(34-81)24-54(60)39-86)29-65(70)66-30-49(9-20-71(66)91)61-15-5-45(35-82)25-55(61)40-87)69(33-52)76-53(38-85)2-1-3-75(76)92-72-21-10-50(62-16-6-46(36-83)26-56(62)41-88)31-67(72)68-32-51(11-22-73(68)92)63-17-7-47(37-84)27-57(63)42-89/h1-33H. The van der Waals surface area contributed by atoms with Crippen molar-refractivity contribution >= 4 is 43.6 Å². The second kappa shape index (κ2) is 22.5. The Bertz CT molecular complexity index is 5640. The van der Waals surface area contributed by atoms with Crippen LogP contribution >= 0.6 is 0 Å². The van der Waals surface area contributed by atoms with Gasteiger partial charge < -0.3 is 9.13 Å². The predicted octanol–water partition coefficient (Wildman–Crippen LogP) is 17.6. The molecule has 2 heterocycles. The number of aromatic nitrogens is 2. The van der Waals surface area contributed by atoms with Gasteiger partial charge in [0.05, 0.1) is 155 Å². The molecule has 0 N–H and O–H groups in total. The van der Waals surface area contributed by atoms with Crippen molar-refractivity contribution in [2.75, 3.05) is 0 Å². The molecule has 0 amide bonds. The summed E-state index contributed by atoms with van der Waals surface area (Å²) in [6.45, 7) is 0. The molecule has 13 aromatic rings. The van der Waals surface area contributed by atoms with E-state index in [1.165, 1.54) is 30.3 Å². The van der Waals surface area contributed by atoms with Crippen LogP contribution in [0.15, 0.2) is 200 Å². The average Bonchev–Trinajstić information content (AvgIpc) is 1.55. The predicted molar refractivity (Wildman–Crippen MR) is 340 cm³/mol. The van der Waals surface area contributed by atoms with Gasteiger partial charge in [-0.3, -0.25) is 0 Å². The zero-order valence-electron chi connectivity index (χ0n) is 47.6. The quantitative estimate of drug-likeness (QED) is 0.139. The van der Waals surface area contributed by atoms with Crippen LogP contribution in [0.5, 0.6) is 0 Å². The van der Waals surface area contributed by atoms with E-state index in [0.29, 0.717) is 138 Å². The maximum Gasteiger partial charge on any atom is 0.416 e. The topological polar surface area (TPSA) is 248 Å². The SMILES string of the molecule is N#Cc1ccc(-c2ccc3c(c2)c2cc(-c4ccc(C#N)cc4C#N)ccc2n3-c2ccc(-c3ccc(C(F)(F)F)cc3C#N)cc2-c2c(C#N)cccc2-n2c3ccc(-c4ccc(C#N)cc4C#N)cc3c3cc(-c4ccc(C#N)cc4C#N)ccc32)c(C#N)c1. The van der Waals surface area contributed by atoms with E-state index < -0.39 is 11.7 Å². The summed E-state index contributed by atoms with van der Waals surface area (Å²) in [5.74, 6) is 0. The van der Waals surface area contributed by atoms with Crippen molar-refractivity contribution in [1.82, 2.24) is 9.13 Å². The van der Waals surface area contributed by atoms with Gasteiger partial charge in [0.15, 0.2) is 0 Å². The maximum absolute atomic E-state index is 14.4. The number of hydrogen-bond acceptors (Lipinski definition) is 10. The highest BCUT2D eigenvalue weighted by atomic mass is 19.4. The average molecular weight is 1180 g/mol. The van der Waals surface area contributed by atoms with Crippen LogP contribution in [0.2, 0.25) is 0 Å². The Morgan fingerprint density at radius 3 is 0.913 bits per heavy atom. The monoisotopic (exact) mass is 1180 g/mol. The molecule has 0 aliphatic carbocycles. The first-order valence-electron chi connectivity index (χ1n) is 28.0. The Balaban J connectivity index is 1.14. The zero-order valence-corrected chi connectivity index (χ0v) is 47.6. The van der Waals surface area contributed by atoms with E-state index in [9.17, 15) is 65.8 Å². The summed E-state index contributed by atoms with van der Waals surface area (Å²) >= 11 is 0. The molecular formula is C77H33F3N12. The van der Waals surface area contributed by atoms with Gasteiger partial charge in [0.25, 0.3) is 0 Å². The summed E-state index contributed by atoms with van der Waals surface area (Å²) in [6.07, 6.45) is -4.77. The lowest BCUT2D eigenvalue weighted by Crippen LogP contribution is -2.06. The summed E-state index contributed by atoms with van der Waals surface area (Å²) in [7, 11) is 0. The Hall–Kier alpha value is -14.3. The van der Waals surface area contributed by atoms with Crippen LogP contribution in [0, 0.1) is 113 Å². The van der Waals surface area contributed by atoms with E-state index in [2.05, 4.69) is 54.6 Å². The highest BCUT2D eigenvalue weighted by molar-refractivity contribution is 6.14. The van der Waals surface area contributed by atoms with Crippen LogP contribution in [-0.2, 0) is 6.18 Å². The second-order valence-electron chi connectivity index (χ2n) is 21.4. The number of benzene rings is 11. The third-order valence-corrected chi connectivity index (χ3v) is 16.5. The molecule has 13 rings (SSSR count). The third-order valence-electron chi connectivity index (χ3n) is 16.5. The number of rotatable bonds is 8. The van der Waals surface area contributed by atoms with E-state index in [4.69, 9.17) is 0 Å². The van der Waals surface area contributed by atoms with Gasteiger partial charge in [0.2, 0.25) is 0 Å². The minimum absolute atomic E-state index is 0.170. The maximum atomic E-state index is 14.4. The molecule has 0 radical (unpaired) electrons. The van der Waals surface area contributed by atoms with Crippen molar-refractivity contribution in [2.45, 2.75) is 6.18 Å². The molecule has 0 aliphatic rings. The minimum atomic E-state index is -4.77. The molecule has 422 valence electrons. The smallest absolute Gasteiger partial charge is 0.309 e. The fourth-order valence-corrected chi connectivity index (χ4v) is 12.3. The van der Waals surface area contributed by atoms with Crippen molar-refractivity contribution < 1.29 is 13.2 Å². The molecule has 0 fully saturated rings. The lowest BCUT2D eigenvalue weighted by Gasteiger charge is -2.21. The van der Waals surface area contributed by atoms with Crippen molar-refractivity contribution in [3.05, 3.63) is 261 Å².